The SMILES string of the molecule is Cc1cccc(N2C(=O)C(Nc3ccccc3)=C(c3ccc(F)cc3)C2=O)c1. The standard InChI is InChI=1S/C23H17FN2O2/c1-15-6-5-9-19(14-15)26-22(27)20(16-10-12-17(24)13-11-16)21(23(26)28)25-18-7-3-2-4-8-18/h2-14,25H,1H3. The molecule has 3 aromatic rings. The van der Waals surface area contributed by atoms with Gasteiger partial charge >= 0.3 is 0 Å². The first kappa shape index (κ1) is 17.7. The number of halogens is 1. The Morgan fingerprint density at radius 2 is 1.54 bits per heavy atom. The van der Waals surface area contributed by atoms with Gasteiger partial charge in [0.2, 0.25) is 0 Å². The highest BCUT2D eigenvalue weighted by atomic mass is 19.1. The van der Waals surface area contributed by atoms with Crippen molar-refractivity contribution in [2.45, 2.75) is 6.92 Å². The van der Waals surface area contributed by atoms with E-state index in [9.17, 15) is 14.0 Å². The second-order valence-corrected chi connectivity index (χ2v) is 6.53. The fourth-order valence-electron chi connectivity index (χ4n) is 3.20. The summed E-state index contributed by atoms with van der Waals surface area (Å²) in [6.45, 7) is 1.89. The number of benzene rings is 3. The summed E-state index contributed by atoms with van der Waals surface area (Å²) in [6, 6.07) is 21.9. The smallest absolute Gasteiger partial charge is 0.282 e. The van der Waals surface area contributed by atoms with Gasteiger partial charge in [-0.25, -0.2) is 9.29 Å². The van der Waals surface area contributed by atoms with E-state index in [1.807, 2.05) is 43.3 Å². The van der Waals surface area contributed by atoms with E-state index in [4.69, 9.17) is 0 Å². The molecule has 0 bridgehead atoms. The van der Waals surface area contributed by atoms with Gasteiger partial charge in [0.05, 0.1) is 11.3 Å². The molecule has 4 nitrogen and oxygen atoms in total. The molecule has 0 aromatic heterocycles. The Bertz CT molecular complexity index is 1090. The largest absolute Gasteiger partial charge is 0.350 e. The van der Waals surface area contributed by atoms with E-state index in [0.29, 0.717) is 16.9 Å². The molecule has 1 aliphatic heterocycles. The first-order valence-electron chi connectivity index (χ1n) is 8.82. The average molecular weight is 372 g/mol. The zero-order valence-corrected chi connectivity index (χ0v) is 15.1. The predicted molar refractivity (Wildman–Crippen MR) is 107 cm³/mol. The lowest BCUT2D eigenvalue weighted by Gasteiger charge is -2.16. The number of amides is 2. The van der Waals surface area contributed by atoms with E-state index < -0.39 is 17.6 Å². The van der Waals surface area contributed by atoms with Crippen molar-refractivity contribution in [1.29, 1.82) is 0 Å². The van der Waals surface area contributed by atoms with Crippen molar-refractivity contribution in [2.24, 2.45) is 0 Å². The van der Waals surface area contributed by atoms with Crippen molar-refractivity contribution >= 4 is 28.8 Å². The van der Waals surface area contributed by atoms with Crippen LogP contribution >= 0.6 is 0 Å². The Hall–Kier alpha value is -3.73. The third kappa shape index (κ3) is 3.18. The molecule has 0 saturated carbocycles. The molecule has 3 aromatic carbocycles. The second kappa shape index (κ2) is 7.12. The Balaban J connectivity index is 1.83. The number of imide groups is 1. The summed E-state index contributed by atoms with van der Waals surface area (Å²) in [6.07, 6.45) is 0. The minimum absolute atomic E-state index is 0.171. The molecule has 0 aliphatic carbocycles. The number of para-hydroxylation sites is 1. The lowest BCUT2D eigenvalue weighted by molar-refractivity contribution is -0.120. The van der Waals surface area contributed by atoms with Crippen LogP contribution in [-0.4, -0.2) is 11.8 Å². The van der Waals surface area contributed by atoms with Gasteiger partial charge in [-0.3, -0.25) is 9.59 Å². The molecule has 28 heavy (non-hydrogen) atoms. The highest BCUT2D eigenvalue weighted by Gasteiger charge is 2.40. The van der Waals surface area contributed by atoms with E-state index >= 15 is 0 Å². The molecular formula is C23H17FN2O2. The highest BCUT2D eigenvalue weighted by Crippen LogP contribution is 2.34. The number of hydrogen-bond donors (Lipinski definition) is 1. The quantitative estimate of drug-likeness (QED) is 0.685. The van der Waals surface area contributed by atoms with E-state index in [2.05, 4.69) is 5.32 Å². The molecule has 0 atom stereocenters. The lowest BCUT2D eigenvalue weighted by Crippen LogP contribution is -2.32. The monoisotopic (exact) mass is 372 g/mol. The van der Waals surface area contributed by atoms with Crippen LogP contribution < -0.4 is 10.2 Å². The van der Waals surface area contributed by atoms with Gasteiger partial charge in [0.1, 0.15) is 11.5 Å². The maximum atomic E-state index is 13.4. The second-order valence-electron chi connectivity index (χ2n) is 6.53. The fraction of sp³-hybridized carbons (Fsp3) is 0.0435. The fourth-order valence-corrected chi connectivity index (χ4v) is 3.20. The normalized spacial score (nSPS) is 14.0. The lowest BCUT2D eigenvalue weighted by atomic mass is 10.0. The Labute approximate surface area is 161 Å². The van der Waals surface area contributed by atoms with Gasteiger partial charge in [-0.05, 0) is 54.4 Å². The summed E-state index contributed by atoms with van der Waals surface area (Å²) in [5.41, 5.74) is 2.99. The Kier molecular flexibility index (Phi) is 4.49. The van der Waals surface area contributed by atoms with Gasteiger partial charge in [0, 0.05) is 5.69 Å². The van der Waals surface area contributed by atoms with Crippen LogP contribution in [0.3, 0.4) is 0 Å². The number of nitrogens with zero attached hydrogens (tertiary/aromatic N) is 1. The first-order valence-corrected chi connectivity index (χ1v) is 8.82. The zero-order valence-electron chi connectivity index (χ0n) is 15.1. The number of nitrogens with one attached hydrogen (secondary N) is 1. The van der Waals surface area contributed by atoms with Crippen LogP contribution in [0.4, 0.5) is 15.8 Å². The maximum absolute atomic E-state index is 13.4. The number of aryl methyl sites for hydroxylation is 1. The van der Waals surface area contributed by atoms with Crippen molar-refractivity contribution in [2.75, 3.05) is 10.2 Å². The topological polar surface area (TPSA) is 49.4 Å². The van der Waals surface area contributed by atoms with Crippen LogP contribution in [0.2, 0.25) is 0 Å². The zero-order chi connectivity index (χ0) is 19.7. The molecule has 1 aliphatic rings. The van der Waals surface area contributed by atoms with E-state index in [-0.39, 0.29) is 11.3 Å². The van der Waals surface area contributed by atoms with Crippen molar-refractivity contribution in [3.8, 4) is 0 Å². The van der Waals surface area contributed by atoms with Gasteiger partial charge in [-0.1, -0.05) is 42.5 Å². The molecular weight excluding hydrogens is 355 g/mol. The summed E-state index contributed by atoms with van der Waals surface area (Å²) >= 11 is 0. The summed E-state index contributed by atoms with van der Waals surface area (Å²) in [7, 11) is 0. The molecule has 2 amide bonds. The molecule has 1 N–H and O–H groups in total. The number of anilines is 2. The van der Waals surface area contributed by atoms with Crippen molar-refractivity contribution < 1.29 is 14.0 Å². The number of carbonyl (C=O) groups is 2. The predicted octanol–water partition coefficient (Wildman–Crippen LogP) is 4.53. The van der Waals surface area contributed by atoms with Crippen LogP contribution in [0, 0.1) is 12.7 Å². The highest BCUT2D eigenvalue weighted by molar-refractivity contribution is 6.46. The first-order chi connectivity index (χ1) is 13.5. The van der Waals surface area contributed by atoms with E-state index in [0.717, 1.165) is 10.5 Å². The van der Waals surface area contributed by atoms with Crippen molar-refractivity contribution in [3.05, 3.63) is 102 Å². The maximum Gasteiger partial charge on any atom is 0.282 e. The van der Waals surface area contributed by atoms with Gasteiger partial charge < -0.3 is 5.32 Å². The van der Waals surface area contributed by atoms with E-state index in [1.165, 1.54) is 24.3 Å². The van der Waals surface area contributed by atoms with Crippen LogP contribution in [0.5, 0.6) is 0 Å². The van der Waals surface area contributed by atoms with Crippen LogP contribution in [-0.2, 0) is 9.59 Å². The Morgan fingerprint density at radius 1 is 0.821 bits per heavy atom. The van der Waals surface area contributed by atoms with Crippen LogP contribution in [0.1, 0.15) is 11.1 Å². The third-order valence-corrected chi connectivity index (χ3v) is 4.52. The molecule has 1 heterocycles. The molecule has 0 unspecified atom stereocenters. The molecule has 5 heteroatoms. The van der Waals surface area contributed by atoms with Gasteiger partial charge in [0.25, 0.3) is 11.8 Å². The number of carbonyl (C=O) groups excluding carboxylic acids is 2. The Morgan fingerprint density at radius 3 is 2.21 bits per heavy atom. The van der Waals surface area contributed by atoms with Crippen molar-refractivity contribution in [3.63, 3.8) is 0 Å². The molecule has 0 radical (unpaired) electrons. The van der Waals surface area contributed by atoms with Crippen molar-refractivity contribution in [1.82, 2.24) is 0 Å². The molecule has 138 valence electrons. The molecule has 0 spiro atoms. The van der Waals surface area contributed by atoms with Crippen LogP contribution in [0.15, 0.2) is 84.6 Å². The molecule has 0 saturated heterocycles. The molecule has 4 rings (SSSR count). The van der Waals surface area contributed by atoms with Crippen LogP contribution in [0.25, 0.3) is 5.57 Å². The third-order valence-electron chi connectivity index (χ3n) is 4.52. The number of hydrogen-bond acceptors (Lipinski definition) is 3. The average Bonchev–Trinajstić information content (AvgIpc) is 2.93. The summed E-state index contributed by atoms with van der Waals surface area (Å²) < 4.78 is 13.4. The van der Waals surface area contributed by atoms with E-state index in [1.54, 1.807) is 18.2 Å². The number of rotatable bonds is 4. The summed E-state index contributed by atoms with van der Waals surface area (Å²) in [5.74, 6) is -1.30. The van der Waals surface area contributed by atoms with Gasteiger partial charge in [-0.2, -0.15) is 0 Å². The summed E-state index contributed by atoms with van der Waals surface area (Å²) in [5, 5.41) is 3.07. The molecule has 0 fully saturated rings. The van der Waals surface area contributed by atoms with Gasteiger partial charge in [0.15, 0.2) is 0 Å². The summed E-state index contributed by atoms with van der Waals surface area (Å²) in [4.78, 5) is 27.6. The minimum Gasteiger partial charge on any atom is -0.350 e. The van der Waals surface area contributed by atoms with Gasteiger partial charge in [-0.15, -0.1) is 0 Å². The minimum atomic E-state index is -0.446.